The van der Waals surface area contributed by atoms with Crippen LogP contribution in [0.25, 0.3) is 0 Å². The maximum Gasteiger partial charge on any atom is 0.0434 e. The summed E-state index contributed by atoms with van der Waals surface area (Å²) in [7, 11) is 0. The van der Waals surface area contributed by atoms with Gasteiger partial charge in [-0.15, -0.1) is 0 Å². The Kier molecular flexibility index (Phi) is 10.4. The monoisotopic (exact) mass is 215 g/mol. The van der Waals surface area contributed by atoms with Crippen LogP contribution in [0.15, 0.2) is 0 Å². The van der Waals surface area contributed by atoms with Gasteiger partial charge in [-0.1, -0.05) is 27.2 Å². The summed E-state index contributed by atoms with van der Waals surface area (Å²) >= 11 is 0. The van der Waals surface area contributed by atoms with Gasteiger partial charge in [0, 0.05) is 6.61 Å². The van der Waals surface area contributed by atoms with Crippen molar-refractivity contribution in [2.24, 2.45) is 11.8 Å². The number of rotatable bonds is 10. The molecule has 0 aromatic heterocycles. The fraction of sp³-hybridized carbons (Fsp3) is 1.00. The van der Waals surface area contributed by atoms with Crippen molar-refractivity contribution in [1.29, 1.82) is 0 Å². The van der Waals surface area contributed by atoms with E-state index < -0.39 is 0 Å². The van der Waals surface area contributed by atoms with Gasteiger partial charge in [-0.05, 0) is 50.6 Å². The van der Waals surface area contributed by atoms with Gasteiger partial charge in [0.05, 0.1) is 0 Å². The molecule has 2 heteroatoms. The van der Waals surface area contributed by atoms with Crippen molar-refractivity contribution >= 4 is 0 Å². The minimum absolute atomic E-state index is 0.332. The highest BCUT2D eigenvalue weighted by atomic mass is 16.3. The van der Waals surface area contributed by atoms with E-state index in [1.165, 1.54) is 25.7 Å². The SMILES string of the molecule is CCCC(CCO)CNCCCC(C)C. The van der Waals surface area contributed by atoms with E-state index in [4.69, 9.17) is 5.11 Å². The van der Waals surface area contributed by atoms with Crippen LogP contribution in [-0.4, -0.2) is 24.8 Å². The summed E-state index contributed by atoms with van der Waals surface area (Å²) in [5.74, 6) is 1.48. The highest BCUT2D eigenvalue weighted by Crippen LogP contribution is 2.09. The Morgan fingerprint density at radius 3 is 2.40 bits per heavy atom. The van der Waals surface area contributed by atoms with Gasteiger partial charge in [0.1, 0.15) is 0 Å². The standard InChI is InChI=1S/C13H29NO/c1-4-6-13(8-10-15)11-14-9-5-7-12(2)3/h12-15H,4-11H2,1-3H3. The minimum Gasteiger partial charge on any atom is -0.396 e. The molecule has 0 saturated heterocycles. The summed E-state index contributed by atoms with van der Waals surface area (Å²) in [4.78, 5) is 0. The maximum absolute atomic E-state index is 8.91. The fourth-order valence-electron chi connectivity index (χ4n) is 1.88. The lowest BCUT2D eigenvalue weighted by atomic mass is 10.00. The van der Waals surface area contributed by atoms with Gasteiger partial charge in [-0.2, -0.15) is 0 Å². The number of hydrogen-bond donors (Lipinski definition) is 2. The lowest BCUT2D eigenvalue weighted by Crippen LogP contribution is -2.24. The van der Waals surface area contributed by atoms with Crippen LogP contribution in [0.1, 0.15) is 52.9 Å². The second kappa shape index (κ2) is 10.4. The molecule has 0 bridgehead atoms. The molecular weight excluding hydrogens is 186 g/mol. The topological polar surface area (TPSA) is 32.3 Å². The molecular formula is C13H29NO. The molecule has 2 nitrogen and oxygen atoms in total. The van der Waals surface area contributed by atoms with Crippen molar-refractivity contribution in [3.63, 3.8) is 0 Å². The van der Waals surface area contributed by atoms with Crippen LogP contribution in [0.3, 0.4) is 0 Å². The van der Waals surface area contributed by atoms with Gasteiger partial charge in [-0.25, -0.2) is 0 Å². The van der Waals surface area contributed by atoms with Gasteiger partial charge in [-0.3, -0.25) is 0 Å². The Hall–Kier alpha value is -0.0800. The molecule has 1 atom stereocenters. The Morgan fingerprint density at radius 1 is 1.13 bits per heavy atom. The lowest BCUT2D eigenvalue weighted by Gasteiger charge is -2.15. The van der Waals surface area contributed by atoms with Crippen molar-refractivity contribution in [1.82, 2.24) is 5.32 Å². The Balaban J connectivity index is 3.36. The van der Waals surface area contributed by atoms with Crippen LogP contribution >= 0.6 is 0 Å². The summed E-state index contributed by atoms with van der Waals surface area (Å²) in [6, 6.07) is 0. The molecule has 0 aliphatic carbocycles. The van der Waals surface area contributed by atoms with Crippen molar-refractivity contribution in [2.75, 3.05) is 19.7 Å². The number of aliphatic hydroxyl groups is 1. The fourth-order valence-corrected chi connectivity index (χ4v) is 1.88. The zero-order valence-electron chi connectivity index (χ0n) is 10.8. The van der Waals surface area contributed by atoms with Crippen LogP contribution in [0.2, 0.25) is 0 Å². The third-order valence-electron chi connectivity index (χ3n) is 2.80. The van der Waals surface area contributed by atoms with Crippen molar-refractivity contribution in [2.45, 2.75) is 52.9 Å². The van der Waals surface area contributed by atoms with Gasteiger partial charge < -0.3 is 10.4 Å². The summed E-state index contributed by atoms with van der Waals surface area (Å²) in [6.45, 7) is 9.29. The van der Waals surface area contributed by atoms with E-state index in [1.54, 1.807) is 0 Å². The van der Waals surface area contributed by atoms with Crippen LogP contribution < -0.4 is 5.32 Å². The van der Waals surface area contributed by atoms with Gasteiger partial charge in [0.15, 0.2) is 0 Å². The lowest BCUT2D eigenvalue weighted by molar-refractivity contribution is 0.248. The van der Waals surface area contributed by atoms with E-state index >= 15 is 0 Å². The first-order chi connectivity index (χ1) is 7.20. The predicted molar refractivity (Wildman–Crippen MR) is 67.0 cm³/mol. The molecule has 0 heterocycles. The molecule has 0 fully saturated rings. The molecule has 0 aromatic carbocycles. The number of hydrogen-bond acceptors (Lipinski definition) is 2. The van der Waals surface area contributed by atoms with Crippen LogP contribution in [-0.2, 0) is 0 Å². The average molecular weight is 215 g/mol. The third kappa shape index (κ3) is 10.2. The van der Waals surface area contributed by atoms with Crippen LogP contribution in [0.4, 0.5) is 0 Å². The summed E-state index contributed by atoms with van der Waals surface area (Å²) in [5.41, 5.74) is 0. The van der Waals surface area contributed by atoms with Crippen LogP contribution in [0.5, 0.6) is 0 Å². The molecule has 2 N–H and O–H groups in total. The molecule has 0 radical (unpaired) electrons. The van der Waals surface area contributed by atoms with Gasteiger partial charge >= 0.3 is 0 Å². The molecule has 15 heavy (non-hydrogen) atoms. The first-order valence-electron chi connectivity index (χ1n) is 6.52. The highest BCUT2D eigenvalue weighted by Gasteiger charge is 2.05. The summed E-state index contributed by atoms with van der Waals surface area (Å²) in [6.07, 6.45) is 5.99. The zero-order valence-corrected chi connectivity index (χ0v) is 10.8. The molecule has 92 valence electrons. The quantitative estimate of drug-likeness (QED) is 0.549. The molecule has 0 spiro atoms. The molecule has 0 aliphatic heterocycles. The predicted octanol–water partition coefficient (Wildman–Crippen LogP) is 2.81. The van der Waals surface area contributed by atoms with Crippen LogP contribution in [0, 0.1) is 11.8 Å². The van der Waals surface area contributed by atoms with E-state index in [2.05, 4.69) is 26.1 Å². The number of nitrogens with one attached hydrogen (secondary N) is 1. The smallest absolute Gasteiger partial charge is 0.0434 e. The highest BCUT2D eigenvalue weighted by molar-refractivity contribution is 4.62. The molecule has 0 saturated carbocycles. The normalized spacial score (nSPS) is 13.4. The number of aliphatic hydroxyl groups excluding tert-OH is 1. The van der Waals surface area contributed by atoms with Crippen molar-refractivity contribution in [3.8, 4) is 0 Å². The largest absolute Gasteiger partial charge is 0.396 e. The Bertz CT molecular complexity index is 120. The zero-order chi connectivity index (χ0) is 11.5. The first kappa shape index (κ1) is 14.9. The van der Waals surface area contributed by atoms with Crippen molar-refractivity contribution < 1.29 is 5.11 Å². The average Bonchev–Trinajstić information content (AvgIpc) is 2.17. The van der Waals surface area contributed by atoms with E-state index in [0.717, 1.165) is 25.4 Å². The van der Waals surface area contributed by atoms with Gasteiger partial charge in [0.25, 0.3) is 0 Å². The third-order valence-corrected chi connectivity index (χ3v) is 2.80. The Morgan fingerprint density at radius 2 is 1.87 bits per heavy atom. The van der Waals surface area contributed by atoms with E-state index in [1.807, 2.05) is 0 Å². The Labute approximate surface area is 95.5 Å². The summed E-state index contributed by atoms with van der Waals surface area (Å²) < 4.78 is 0. The second-order valence-corrected chi connectivity index (χ2v) is 4.91. The minimum atomic E-state index is 0.332. The molecule has 0 rings (SSSR count). The molecule has 0 aromatic rings. The molecule has 0 amide bonds. The van der Waals surface area contributed by atoms with Gasteiger partial charge in [0.2, 0.25) is 0 Å². The first-order valence-corrected chi connectivity index (χ1v) is 6.52. The molecule has 1 unspecified atom stereocenters. The van der Waals surface area contributed by atoms with E-state index in [0.29, 0.717) is 12.5 Å². The second-order valence-electron chi connectivity index (χ2n) is 4.91. The van der Waals surface area contributed by atoms with E-state index in [-0.39, 0.29) is 0 Å². The van der Waals surface area contributed by atoms with E-state index in [9.17, 15) is 0 Å². The van der Waals surface area contributed by atoms with Crippen molar-refractivity contribution in [3.05, 3.63) is 0 Å². The summed E-state index contributed by atoms with van der Waals surface area (Å²) in [5, 5.41) is 12.4. The molecule has 0 aliphatic rings. The maximum atomic E-state index is 8.91.